The Hall–Kier alpha value is -5.40. The van der Waals surface area contributed by atoms with Gasteiger partial charge in [-0.2, -0.15) is 0 Å². The van der Waals surface area contributed by atoms with Gasteiger partial charge in [0.05, 0.1) is 50.9 Å². The van der Waals surface area contributed by atoms with Crippen LogP contribution < -0.4 is 10.6 Å². The molecule has 6 N–H and O–H groups in total. The molecule has 6 atom stereocenters. The van der Waals surface area contributed by atoms with Gasteiger partial charge in [0, 0.05) is 24.2 Å². The number of aromatic nitrogens is 4. The fourth-order valence-corrected chi connectivity index (χ4v) is 7.45. The number of aliphatic hydroxyl groups is 2. The smallest absolute Gasteiger partial charge is 0.407 e. The molecular formula is C40H54N8O8. The van der Waals surface area contributed by atoms with Crippen molar-refractivity contribution in [3.05, 3.63) is 58.6 Å². The number of ether oxygens (including phenoxy) is 2. The van der Waals surface area contributed by atoms with Crippen molar-refractivity contribution in [2.24, 2.45) is 23.7 Å². The Bertz CT molecular complexity index is 1940. The number of benzene rings is 1. The average molecular weight is 775 g/mol. The third-order valence-corrected chi connectivity index (χ3v) is 10.4. The molecule has 0 spiro atoms. The van der Waals surface area contributed by atoms with Gasteiger partial charge in [-0.25, -0.2) is 19.6 Å². The SMILES string of the molecule is COC(=O)N[C@H](C(=O)N1C[C@@H](C)C[C@H]1c1nc(CO)c(C#Cc2ccc(-c3[nH]c([C@@H]4C[C@H](C)CN4C(=O)[C@@H](NC(=O)OC)C(C)C)nc3CO)cc2)[nH]1)C(C)C. The van der Waals surface area contributed by atoms with Crippen molar-refractivity contribution in [1.82, 2.24) is 40.4 Å². The molecule has 302 valence electrons. The monoisotopic (exact) mass is 774 g/mol. The van der Waals surface area contributed by atoms with Crippen LogP contribution in [0.1, 0.15) is 101 Å². The van der Waals surface area contributed by atoms with Crippen molar-refractivity contribution in [3.8, 4) is 23.1 Å². The molecule has 2 fully saturated rings. The number of alkyl carbamates (subject to hydrolysis) is 2. The zero-order chi connectivity index (χ0) is 40.8. The molecule has 2 aliphatic heterocycles. The van der Waals surface area contributed by atoms with Crippen molar-refractivity contribution < 1.29 is 38.9 Å². The van der Waals surface area contributed by atoms with Gasteiger partial charge in [0.2, 0.25) is 11.8 Å². The lowest BCUT2D eigenvalue weighted by atomic mass is 10.0. The fraction of sp³-hybridized carbons (Fsp3) is 0.550. The lowest BCUT2D eigenvalue weighted by Gasteiger charge is -2.30. The van der Waals surface area contributed by atoms with Crippen LogP contribution in [0.15, 0.2) is 24.3 Å². The van der Waals surface area contributed by atoms with Crippen LogP contribution in [-0.2, 0) is 32.3 Å². The van der Waals surface area contributed by atoms with Gasteiger partial charge in [-0.1, -0.05) is 59.6 Å². The predicted octanol–water partition coefficient (Wildman–Crippen LogP) is 3.76. The van der Waals surface area contributed by atoms with Crippen LogP contribution in [0.4, 0.5) is 9.59 Å². The maximum absolute atomic E-state index is 13.8. The van der Waals surface area contributed by atoms with Gasteiger partial charge in [0.25, 0.3) is 0 Å². The Kier molecular flexibility index (Phi) is 13.4. The van der Waals surface area contributed by atoms with E-state index in [-0.39, 0.29) is 54.7 Å². The summed E-state index contributed by atoms with van der Waals surface area (Å²) in [6.07, 6.45) is -0.0516. The molecule has 0 bridgehead atoms. The van der Waals surface area contributed by atoms with Crippen molar-refractivity contribution >= 4 is 24.0 Å². The minimum Gasteiger partial charge on any atom is -0.453 e. The number of imidazole rings is 2. The van der Waals surface area contributed by atoms with Crippen molar-refractivity contribution in [2.75, 3.05) is 27.3 Å². The molecule has 2 saturated heterocycles. The van der Waals surface area contributed by atoms with E-state index in [0.29, 0.717) is 65.9 Å². The molecule has 2 aliphatic rings. The molecule has 5 rings (SSSR count). The Morgan fingerprint density at radius 3 is 1.68 bits per heavy atom. The van der Waals surface area contributed by atoms with E-state index in [2.05, 4.69) is 44.4 Å². The number of aliphatic hydroxyl groups excluding tert-OH is 2. The number of H-pyrrole nitrogens is 2. The minimum atomic E-state index is -0.781. The van der Waals surface area contributed by atoms with Gasteiger partial charge >= 0.3 is 12.2 Å². The van der Waals surface area contributed by atoms with E-state index < -0.39 is 30.3 Å². The number of hydrogen-bond acceptors (Lipinski definition) is 10. The second-order valence-electron chi connectivity index (χ2n) is 15.4. The van der Waals surface area contributed by atoms with Gasteiger partial charge in [-0.3, -0.25) is 9.59 Å². The summed E-state index contributed by atoms with van der Waals surface area (Å²) in [5.41, 5.74) is 3.28. The Balaban J connectivity index is 1.35. The average Bonchev–Trinajstić information content (AvgIpc) is 3.98. The first kappa shape index (κ1) is 41.8. The summed E-state index contributed by atoms with van der Waals surface area (Å²) in [4.78, 5) is 70.9. The lowest BCUT2D eigenvalue weighted by Crippen LogP contribution is -2.51. The molecule has 56 heavy (non-hydrogen) atoms. The predicted molar refractivity (Wildman–Crippen MR) is 205 cm³/mol. The molecule has 4 amide bonds. The van der Waals surface area contributed by atoms with Crippen LogP contribution in [0.5, 0.6) is 0 Å². The number of rotatable bonds is 11. The fourth-order valence-electron chi connectivity index (χ4n) is 7.45. The van der Waals surface area contributed by atoms with Gasteiger partial charge in [0.15, 0.2) is 0 Å². The van der Waals surface area contributed by atoms with Crippen molar-refractivity contribution in [1.29, 1.82) is 0 Å². The second-order valence-corrected chi connectivity index (χ2v) is 15.4. The second kappa shape index (κ2) is 18.0. The molecule has 2 aromatic heterocycles. The van der Waals surface area contributed by atoms with Crippen LogP contribution in [0.3, 0.4) is 0 Å². The molecule has 0 radical (unpaired) electrons. The van der Waals surface area contributed by atoms with E-state index >= 15 is 0 Å². The molecule has 0 unspecified atom stereocenters. The number of nitrogens with zero attached hydrogens (tertiary/aromatic N) is 4. The zero-order valence-corrected chi connectivity index (χ0v) is 33.3. The highest BCUT2D eigenvalue weighted by Crippen LogP contribution is 2.38. The van der Waals surface area contributed by atoms with Crippen LogP contribution in [0.2, 0.25) is 0 Å². The lowest BCUT2D eigenvalue weighted by molar-refractivity contribution is -0.136. The third kappa shape index (κ3) is 9.17. The number of methoxy groups -OCH3 is 2. The van der Waals surface area contributed by atoms with Gasteiger partial charge in [-0.15, -0.1) is 0 Å². The van der Waals surface area contributed by atoms with E-state index in [1.807, 2.05) is 58.9 Å². The summed E-state index contributed by atoms with van der Waals surface area (Å²) in [5.74, 6) is 6.83. The molecule has 1 aromatic carbocycles. The van der Waals surface area contributed by atoms with Gasteiger partial charge in [0.1, 0.15) is 35.1 Å². The number of nitrogens with one attached hydrogen (secondary N) is 4. The number of likely N-dealkylation sites (tertiary alicyclic amines) is 2. The highest BCUT2D eigenvalue weighted by Gasteiger charge is 2.42. The molecule has 4 heterocycles. The summed E-state index contributed by atoms with van der Waals surface area (Å²) in [7, 11) is 2.51. The highest BCUT2D eigenvalue weighted by molar-refractivity contribution is 5.87. The first-order chi connectivity index (χ1) is 26.7. The van der Waals surface area contributed by atoms with Crippen LogP contribution in [0, 0.1) is 35.5 Å². The van der Waals surface area contributed by atoms with E-state index in [0.717, 1.165) is 5.56 Å². The Morgan fingerprint density at radius 1 is 0.768 bits per heavy atom. The quantitative estimate of drug-likeness (QED) is 0.155. The van der Waals surface area contributed by atoms with Crippen LogP contribution in [-0.4, -0.2) is 103 Å². The largest absolute Gasteiger partial charge is 0.453 e. The van der Waals surface area contributed by atoms with Crippen molar-refractivity contribution in [3.63, 3.8) is 0 Å². The summed E-state index contributed by atoms with van der Waals surface area (Å²) in [5, 5.41) is 25.8. The number of carbonyl (C=O) groups excluding carboxylic acids is 4. The maximum Gasteiger partial charge on any atom is 0.407 e. The number of carbonyl (C=O) groups is 4. The van der Waals surface area contributed by atoms with Gasteiger partial charge < -0.3 is 50.1 Å². The Morgan fingerprint density at radius 2 is 1.23 bits per heavy atom. The normalized spacial score (nSPS) is 20.4. The van der Waals surface area contributed by atoms with Crippen LogP contribution >= 0.6 is 0 Å². The minimum absolute atomic E-state index is 0.177. The van der Waals surface area contributed by atoms with E-state index in [1.165, 1.54) is 14.2 Å². The topological polar surface area (TPSA) is 215 Å². The van der Waals surface area contributed by atoms with Crippen LogP contribution in [0.25, 0.3) is 11.3 Å². The molecule has 0 aliphatic carbocycles. The number of hydrogen-bond donors (Lipinski definition) is 6. The first-order valence-electron chi connectivity index (χ1n) is 19.0. The van der Waals surface area contributed by atoms with E-state index in [4.69, 9.17) is 14.5 Å². The van der Waals surface area contributed by atoms with Crippen molar-refractivity contribution in [2.45, 2.75) is 91.8 Å². The summed E-state index contributed by atoms with van der Waals surface area (Å²) in [6, 6.07) is 5.04. The Labute approximate surface area is 327 Å². The zero-order valence-electron chi connectivity index (χ0n) is 33.3. The van der Waals surface area contributed by atoms with Gasteiger partial charge in [-0.05, 0) is 54.6 Å². The third-order valence-electron chi connectivity index (χ3n) is 10.4. The summed E-state index contributed by atoms with van der Waals surface area (Å²) < 4.78 is 9.51. The number of aromatic amines is 2. The molecule has 16 heteroatoms. The number of amides is 4. The molecule has 16 nitrogen and oxygen atoms in total. The molecule has 3 aromatic rings. The molecule has 0 saturated carbocycles. The van der Waals surface area contributed by atoms with E-state index in [1.54, 1.807) is 9.80 Å². The summed E-state index contributed by atoms with van der Waals surface area (Å²) >= 11 is 0. The van der Waals surface area contributed by atoms with E-state index in [9.17, 15) is 29.4 Å². The first-order valence-corrected chi connectivity index (χ1v) is 19.0. The molecular weight excluding hydrogens is 720 g/mol. The highest BCUT2D eigenvalue weighted by atomic mass is 16.5. The maximum atomic E-state index is 13.8. The summed E-state index contributed by atoms with van der Waals surface area (Å²) in [6.45, 7) is 11.8. The standard InChI is InChI=1S/C40H54N8O8/c1-21(2)32(45-39(53)55-7)37(51)47-17-23(5)15-30(47)35-41-27(28(19-49)42-35)14-11-25-9-12-26(13-10-25)34-29(20-50)43-36(44-34)31-16-24(6)18-48(31)38(52)33(22(3)4)46-40(54)56-8/h9-10,12-13,21-24,30-33,49-50H,15-20H2,1-8H3,(H,41,42)(H,43,44)(H,45,53)(H,46,54)/t23-,24-,30-,31-,32-,33-/m0/s1.